The zero-order chi connectivity index (χ0) is 18.1. The first-order valence-corrected chi connectivity index (χ1v) is 9.40. The largest absolute Gasteiger partial charge is 0.351 e. The van der Waals surface area contributed by atoms with Crippen molar-refractivity contribution in [3.8, 4) is 10.6 Å². The van der Waals surface area contributed by atoms with E-state index in [0.717, 1.165) is 39.8 Å². The molecule has 0 aromatic carbocycles. The Balaban J connectivity index is 1.45. The van der Waals surface area contributed by atoms with Crippen molar-refractivity contribution in [1.29, 1.82) is 0 Å². The fourth-order valence-electron chi connectivity index (χ4n) is 3.20. The summed E-state index contributed by atoms with van der Waals surface area (Å²) >= 11 is 1.70. The molecular formula is C18H19N5O2S. The van der Waals surface area contributed by atoms with Crippen molar-refractivity contribution in [1.82, 2.24) is 25.0 Å². The molecule has 0 N–H and O–H groups in total. The Morgan fingerprint density at radius 3 is 2.77 bits per heavy atom. The van der Waals surface area contributed by atoms with Crippen LogP contribution in [0.5, 0.6) is 0 Å². The lowest BCUT2D eigenvalue weighted by atomic mass is 9.97. The van der Waals surface area contributed by atoms with Crippen LogP contribution in [0.15, 0.2) is 29.2 Å². The lowest BCUT2D eigenvalue weighted by Crippen LogP contribution is -2.37. The fourth-order valence-corrected chi connectivity index (χ4v) is 4.42. The van der Waals surface area contributed by atoms with Gasteiger partial charge in [0.2, 0.25) is 5.76 Å². The first-order valence-electron chi connectivity index (χ1n) is 8.58. The van der Waals surface area contributed by atoms with Crippen molar-refractivity contribution in [2.75, 3.05) is 13.1 Å². The molecule has 0 atom stereocenters. The fraction of sp³-hybridized carbons (Fsp3) is 0.389. The molecule has 26 heavy (non-hydrogen) atoms. The molecule has 1 aliphatic heterocycles. The SMILES string of the molecule is Cc1cc(C(=O)N2CCC(c3nc(C)c(-c4ccncn4)s3)CC2)on1. The molecule has 1 fully saturated rings. The minimum Gasteiger partial charge on any atom is -0.351 e. The van der Waals surface area contributed by atoms with Gasteiger partial charge in [-0.1, -0.05) is 5.16 Å². The number of amides is 1. The van der Waals surface area contributed by atoms with E-state index in [0.29, 0.717) is 24.8 Å². The van der Waals surface area contributed by atoms with Gasteiger partial charge in [-0.15, -0.1) is 11.3 Å². The van der Waals surface area contributed by atoms with E-state index in [4.69, 9.17) is 9.51 Å². The Hall–Kier alpha value is -2.61. The normalized spacial score (nSPS) is 15.4. The number of carbonyl (C=O) groups excluding carboxylic acids is 1. The van der Waals surface area contributed by atoms with E-state index >= 15 is 0 Å². The Morgan fingerprint density at radius 2 is 2.12 bits per heavy atom. The number of piperidine rings is 1. The van der Waals surface area contributed by atoms with Crippen LogP contribution in [0.3, 0.4) is 0 Å². The van der Waals surface area contributed by atoms with Crippen LogP contribution >= 0.6 is 11.3 Å². The first-order chi connectivity index (χ1) is 12.6. The molecule has 1 amide bonds. The molecule has 4 heterocycles. The van der Waals surface area contributed by atoms with Gasteiger partial charge in [-0.2, -0.15) is 0 Å². The lowest BCUT2D eigenvalue weighted by molar-refractivity contribution is 0.0671. The molecule has 7 nitrogen and oxygen atoms in total. The summed E-state index contributed by atoms with van der Waals surface area (Å²) in [6, 6.07) is 3.59. The van der Waals surface area contributed by atoms with Gasteiger partial charge in [-0.25, -0.2) is 15.0 Å². The molecule has 0 saturated carbocycles. The molecule has 0 unspecified atom stereocenters. The average Bonchev–Trinajstić information content (AvgIpc) is 3.28. The highest BCUT2D eigenvalue weighted by Crippen LogP contribution is 2.36. The zero-order valence-electron chi connectivity index (χ0n) is 14.7. The number of hydrogen-bond donors (Lipinski definition) is 0. The van der Waals surface area contributed by atoms with Crippen molar-refractivity contribution in [2.45, 2.75) is 32.6 Å². The molecule has 0 spiro atoms. The van der Waals surface area contributed by atoms with Crippen LogP contribution in [-0.2, 0) is 0 Å². The van der Waals surface area contributed by atoms with Crippen LogP contribution in [0.1, 0.15) is 45.7 Å². The van der Waals surface area contributed by atoms with Crippen LogP contribution in [0.2, 0.25) is 0 Å². The van der Waals surface area contributed by atoms with E-state index in [1.807, 2.05) is 24.8 Å². The molecule has 1 saturated heterocycles. The van der Waals surface area contributed by atoms with Gasteiger partial charge in [0.05, 0.1) is 27.0 Å². The smallest absolute Gasteiger partial charge is 0.292 e. The molecule has 0 bridgehead atoms. The summed E-state index contributed by atoms with van der Waals surface area (Å²) in [5.74, 6) is 0.605. The zero-order valence-corrected chi connectivity index (χ0v) is 15.5. The number of nitrogens with zero attached hydrogens (tertiary/aromatic N) is 5. The summed E-state index contributed by atoms with van der Waals surface area (Å²) in [5, 5.41) is 4.92. The molecule has 134 valence electrons. The van der Waals surface area contributed by atoms with Gasteiger partial charge >= 0.3 is 0 Å². The van der Waals surface area contributed by atoms with Gasteiger partial charge in [-0.3, -0.25) is 4.79 Å². The average molecular weight is 369 g/mol. The van der Waals surface area contributed by atoms with Crippen molar-refractivity contribution in [3.05, 3.63) is 46.8 Å². The van der Waals surface area contributed by atoms with E-state index in [1.165, 1.54) is 0 Å². The highest BCUT2D eigenvalue weighted by atomic mass is 32.1. The van der Waals surface area contributed by atoms with E-state index in [9.17, 15) is 4.79 Å². The van der Waals surface area contributed by atoms with E-state index in [-0.39, 0.29) is 5.91 Å². The van der Waals surface area contributed by atoms with Crippen LogP contribution in [0.4, 0.5) is 0 Å². The van der Waals surface area contributed by atoms with Gasteiger partial charge in [0.15, 0.2) is 0 Å². The standard InChI is InChI=1S/C18H19N5O2S/c1-11-9-15(25-22-11)18(24)23-7-4-13(5-8-23)17-21-12(2)16(26-17)14-3-6-19-10-20-14/h3,6,9-10,13H,4-5,7-8H2,1-2H3. The summed E-state index contributed by atoms with van der Waals surface area (Å²) < 4.78 is 5.10. The highest BCUT2D eigenvalue weighted by Gasteiger charge is 2.28. The van der Waals surface area contributed by atoms with Gasteiger partial charge < -0.3 is 9.42 Å². The summed E-state index contributed by atoms with van der Waals surface area (Å²) in [6.07, 6.45) is 5.10. The number of likely N-dealkylation sites (tertiary alicyclic amines) is 1. The maximum atomic E-state index is 12.5. The maximum absolute atomic E-state index is 12.5. The topological polar surface area (TPSA) is 85.0 Å². The van der Waals surface area contributed by atoms with Crippen LogP contribution < -0.4 is 0 Å². The number of hydrogen-bond acceptors (Lipinski definition) is 7. The molecule has 0 radical (unpaired) electrons. The van der Waals surface area contributed by atoms with E-state index in [1.54, 1.807) is 29.9 Å². The molecule has 0 aliphatic carbocycles. The van der Waals surface area contributed by atoms with Crippen molar-refractivity contribution < 1.29 is 9.32 Å². The predicted octanol–water partition coefficient (Wildman–Crippen LogP) is 3.22. The Bertz CT molecular complexity index is 913. The molecule has 3 aromatic rings. The first kappa shape index (κ1) is 16.8. The monoisotopic (exact) mass is 369 g/mol. The van der Waals surface area contributed by atoms with Crippen molar-refractivity contribution in [3.63, 3.8) is 0 Å². The summed E-state index contributed by atoms with van der Waals surface area (Å²) in [7, 11) is 0. The third-order valence-electron chi connectivity index (χ3n) is 4.60. The molecular weight excluding hydrogens is 350 g/mol. The molecule has 1 aliphatic rings. The Labute approximate surface area is 155 Å². The molecule has 3 aromatic heterocycles. The summed E-state index contributed by atoms with van der Waals surface area (Å²) in [6.45, 7) is 5.23. The lowest BCUT2D eigenvalue weighted by Gasteiger charge is -2.30. The second-order valence-corrected chi connectivity index (χ2v) is 7.49. The van der Waals surface area contributed by atoms with Gasteiger partial charge in [0.1, 0.15) is 6.33 Å². The maximum Gasteiger partial charge on any atom is 0.292 e. The number of thiazole rings is 1. The minimum absolute atomic E-state index is 0.0824. The van der Waals surface area contributed by atoms with E-state index in [2.05, 4.69) is 15.1 Å². The number of rotatable bonds is 3. The number of aromatic nitrogens is 4. The predicted molar refractivity (Wildman–Crippen MR) is 97.0 cm³/mol. The third kappa shape index (κ3) is 3.24. The Morgan fingerprint density at radius 1 is 1.31 bits per heavy atom. The second-order valence-electron chi connectivity index (χ2n) is 6.46. The Kier molecular flexibility index (Phi) is 4.50. The summed E-state index contributed by atoms with van der Waals surface area (Å²) in [4.78, 5) is 28.5. The van der Waals surface area contributed by atoms with Crippen LogP contribution in [0.25, 0.3) is 10.6 Å². The van der Waals surface area contributed by atoms with Gasteiger partial charge in [0.25, 0.3) is 5.91 Å². The molecule has 4 rings (SSSR count). The highest BCUT2D eigenvalue weighted by molar-refractivity contribution is 7.15. The van der Waals surface area contributed by atoms with Crippen molar-refractivity contribution in [2.24, 2.45) is 0 Å². The van der Waals surface area contributed by atoms with Crippen LogP contribution in [-0.4, -0.2) is 44.0 Å². The van der Waals surface area contributed by atoms with Gasteiger partial charge in [-0.05, 0) is 32.8 Å². The quantitative estimate of drug-likeness (QED) is 0.705. The van der Waals surface area contributed by atoms with Crippen LogP contribution in [0, 0.1) is 13.8 Å². The second kappa shape index (κ2) is 6.95. The van der Waals surface area contributed by atoms with Gasteiger partial charge in [0, 0.05) is 31.3 Å². The number of carbonyl (C=O) groups is 1. The minimum atomic E-state index is -0.0824. The van der Waals surface area contributed by atoms with Crippen molar-refractivity contribution >= 4 is 17.2 Å². The molecule has 8 heteroatoms. The number of aryl methyl sites for hydroxylation is 2. The third-order valence-corrected chi connectivity index (χ3v) is 5.94. The van der Waals surface area contributed by atoms with E-state index < -0.39 is 0 Å². The summed E-state index contributed by atoms with van der Waals surface area (Å²) in [5.41, 5.74) is 2.63.